The van der Waals surface area contributed by atoms with Gasteiger partial charge in [-0.3, -0.25) is 0 Å². The first-order valence-electron chi connectivity index (χ1n) is 6.87. The minimum Gasteiger partial charge on any atom is -0.463 e. The smallest absolute Gasteiger partial charge is 0.150 e. The summed E-state index contributed by atoms with van der Waals surface area (Å²) >= 11 is 0. The summed E-state index contributed by atoms with van der Waals surface area (Å²) in [6, 6.07) is 3.67. The maximum Gasteiger partial charge on any atom is 0.150 e. The molecular weight excluding hydrogens is 264 g/mol. The van der Waals surface area contributed by atoms with Gasteiger partial charge in [-0.2, -0.15) is 0 Å². The van der Waals surface area contributed by atoms with Crippen LogP contribution in [0.1, 0.15) is 50.2 Å². The predicted octanol–water partition coefficient (Wildman–Crippen LogP) is 2.48. The summed E-state index contributed by atoms with van der Waals surface area (Å²) in [4.78, 5) is 0. The van der Waals surface area contributed by atoms with Crippen LogP contribution >= 0.6 is 0 Å². The molecule has 0 aromatic carbocycles. The lowest BCUT2D eigenvalue weighted by atomic mass is 9.84. The standard InChI is InChI=1S/C14H22O4S/c1-3-11-7-8-13(18-11)14(15)10-5-4-6-12(9-10)19(2,16)17/h7-8,10,12,14-15H,3-6,9H2,1-2H3. The van der Waals surface area contributed by atoms with Crippen molar-refractivity contribution in [3.05, 3.63) is 23.7 Å². The summed E-state index contributed by atoms with van der Waals surface area (Å²) in [5.41, 5.74) is 0. The summed E-state index contributed by atoms with van der Waals surface area (Å²) < 4.78 is 28.8. The van der Waals surface area contributed by atoms with Crippen molar-refractivity contribution >= 4 is 9.84 Å². The molecule has 1 aromatic rings. The number of aryl methyl sites for hydroxylation is 1. The second kappa shape index (κ2) is 5.67. The fourth-order valence-corrected chi connectivity index (χ4v) is 4.02. The minimum atomic E-state index is -3.02. The Morgan fingerprint density at radius 3 is 2.74 bits per heavy atom. The molecule has 0 spiro atoms. The molecule has 1 aliphatic carbocycles. The summed E-state index contributed by atoms with van der Waals surface area (Å²) in [6.07, 6.45) is 4.33. The van der Waals surface area contributed by atoms with Crippen molar-refractivity contribution in [3.63, 3.8) is 0 Å². The maximum atomic E-state index is 11.6. The van der Waals surface area contributed by atoms with E-state index in [1.807, 2.05) is 13.0 Å². The van der Waals surface area contributed by atoms with Crippen LogP contribution in [0.25, 0.3) is 0 Å². The van der Waals surface area contributed by atoms with Gasteiger partial charge < -0.3 is 9.52 Å². The molecule has 0 saturated heterocycles. The Hall–Kier alpha value is -0.810. The summed E-state index contributed by atoms with van der Waals surface area (Å²) in [6.45, 7) is 2.00. The third-order valence-electron chi connectivity index (χ3n) is 4.04. The van der Waals surface area contributed by atoms with Gasteiger partial charge in [-0.05, 0) is 37.3 Å². The third-order valence-corrected chi connectivity index (χ3v) is 5.68. The molecule has 1 fully saturated rings. The summed E-state index contributed by atoms with van der Waals surface area (Å²) in [7, 11) is -3.02. The molecule has 1 N–H and O–H groups in total. The normalized spacial score (nSPS) is 26.3. The highest BCUT2D eigenvalue weighted by atomic mass is 32.2. The molecule has 1 aliphatic rings. The number of hydrogen-bond acceptors (Lipinski definition) is 4. The van der Waals surface area contributed by atoms with Gasteiger partial charge in [0.25, 0.3) is 0 Å². The first-order valence-corrected chi connectivity index (χ1v) is 8.82. The zero-order chi connectivity index (χ0) is 14.0. The zero-order valence-corrected chi connectivity index (χ0v) is 12.3. The molecule has 1 aromatic heterocycles. The molecule has 1 heterocycles. The van der Waals surface area contributed by atoms with Gasteiger partial charge in [-0.1, -0.05) is 13.3 Å². The molecule has 1 saturated carbocycles. The van der Waals surface area contributed by atoms with Crippen LogP contribution in [0, 0.1) is 5.92 Å². The quantitative estimate of drug-likeness (QED) is 0.923. The van der Waals surface area contributed by atoms with Crippen LogP contribution in [0.5, 0.6) is 0 Å². The highest BCUT2D eigenvalue weighted by molar-refractivity contribution is 7.91. The fraction of sp³-hybridized carbons (Fsp3) is 0.714. The Kier molecular flexibility index (Phi) is 4.36. The zero-order valence-electron chi connectivity index (χ0n) is 11.5. The number of furan rings is 1. The fourth-order valence-electron chi connectivity index (χ4n) is 2.83. The van der Waals surface area contributed by atoms with Crippen LogP contribution in [0.2, 0.25) is 0 Å². The molecule has 0 radical (unpaired) electrons. The molecular formula is C14H22O4S. The van der Waals surface area contributed by atoms with Crippen LogP contribution in [-0.4, -0.2) is 25.0 Å². The molecule has 0 bridgehead atoms. The van der Waals surface area contributed by atoms with Gasteiger partial charge in [0.15, 0.2) is 0 Å². The van der Waals surface area contributed by atoms with E-state index in [4.69, 9.17) is 4.42 Å². The number of sulfone groups is 1. The maximum absolute atomic E-state index is 11.6. The van der Waals surface area contributed by atoms with Crippen LogP contribution < -0.4 is 0 Å². The van der Waals surface area contributed by atoms with Crippen molar-refractivity contribution in [2.75, 3.05) is 6.26 Å². The van der Waals surface area contributed by atoms with Crippen molar-refractivity contribution in [2.24, 2.45) is 5.92 Å². The largest absolute Gasteiger partial charge is 0.463 e. The number of rotatable bonds is 4. The van der Waals surface area contributed by atoms with Crippen molar-refractivity contribution in [2.45, 2.75) is 50.4 Å². The molecule has 19 heavy (non-hydrogen) atoms. The lowest BCUT2D eigenvalue weighted by Gasteiger charge is -2.30. The molecule has 4 nitrogen and oxygen atoms in total. The minimum absolute atomic E-state index is 0.0238. The van der Waals surface area contributed by atoms with Gasteiger partial charge >= 0.3 is 0 Å². The average molecular weight is 286 g/mol. The van der Waals surface area contributed by atoms with Crippen LogP contribution in [0.4, 0.5) is 0 Å². The molecule has 5 heteroatoms. The molecule has 0 aliphatic heterocycles. The van der Waals surface area contributed by atoms with Gasteiger partial charge in [0.2, 0.25) is 0 Å². The molecule has 3 unspecified atom stereocenters. The second-order valence-electron chi connectivity index (χ2n) is 5.48. The lowest BCUT2D eigenvalue weighted by molar-refractivity contribution is 0.0651. The SMILES string of the molecule is CCc1ccc(C(O)C2CCCC(S(C)(=O)=O)C2)o1. The van der Waals surface area contributed by atoms with E-state index >= 15 is 0 Å². The molecule has 0 amide bonds. The van der Waals surface area contributed by atoms with Gasteiger partial charge in [-0.25, -0.2) is 8.42 Å². The van der Waals surface area contributed by atoms with E-state index in [0.717, 1.165) is 25.0 Å². The van der Waals surface area contributed by atoms with Gasteiger partial charge in [0.1, 0.15) is 27.5 Å². The van der Waals surface area contributed by atoms with Crippen molar-refractivity contribution < 1.29 is 17.9 Å². The Labute approximate surface area is 114 Å². The highest BCUT2D eigenvalue weighted by Gasteiger charge is 2.34. The Morgan fingerprint density at radius 2 is 2.16 bits per heavy atom. The summed E-state index contributed by atoms with van der Waals surface area (Å²) in [5.74, 6) is 1.39. The second-order valence-corrected chi connectivity index (χ2v) is 7.81. The van der Waals surface area contributed by atoms with E-state index < -0.39 is 15.9 Å². The van der Waals surface area contributed by atoms with Gasteiger partial charge in [-0.15, -0.1) is 0 Å². The van der Waals surface area contributed by atoms with Crippen LogP contribution in [0.3, 0.4) is 0 Å². The van der Waals surface area contributed by atoms with Crippen LogP contribution in [-0.2, 0) is 16.3 Å². The molecule has 108 valence electrons. The number of aliphatic hydroxyl groups excluding tert-OH is 1. The van der Waals surface area contributed by atoms with E-state index in [9.17, 15) is 13.5 Å². The first kappa shape index (κ1) is 14.6. The first-order chi connectivity index (χ1) is 8.91. The topological polar surface area (TPSA) is 67.5 Å². The molecule has 3 atom stereocenters. The average Bonchev–Trinajstić information content (AvgIpc) is 2.86. The van der Waals surface area contributed by atoms with Crippen molar-refractivity contribution in [1.29, 1.82) is 0 Å². The Morgan fingerprint density at radius 1 is 1.42 bits per heavy atom. The predicted molar refractivity (Wildman–Crippen MR) is 73.6 cm³/mol. The Balaban J connectivity index is 2.08. The van der Waals surface area contributed by atoms with E-state index in [-0.39, 0.29) is 11.2 Å². The third kappa shape index (κ3) is 3.39. The number of hydrogen-bond donors (Lipinski definition) is 1. The molecule has 2 rings (SSSR count). The van der Waals surface area contributed by atoms with Crippen molar-refractivity contribution in [1.82, 2.24) is 0 Å². The van der Waals surface area contributed by atoms with Crippen molar-refractivity contribution in [3.8, 4) is 0 Å². The Bertz CT molecular complexity index is 517. The van der Waals surface area contributed by atoms with E-state index in [2.05, 4.69) is 0 Å². The lowest BCUT2D eigenvalue weighted by Crippen LogP contribution is -2.30. The van der Waals surface area contributed by atoms with Gasteiger partial charge in [0.05, 0.1) is 5.25 Å². The monoisotopic (exact) mass is 286 g/mol. The van der Waals surface area contributed by atoms with Gasteiger partial charge in [0, 0.05) is 12.7 Å². The number of aliphatic hydroxyl groups is 1. The summed E-state index contributed by atoms with van der Waals surface area (Å²) in [5, 5.41) is 10.0. The van der Waals surface area contributed by atoms with E-state index in [1.54, 1.807) is 6.07 Å². The van der Waals surface area contributed by atoms with E-state index in [0.29, 0.717) is 18.6 Å². The highest BCUT2D eigenvalue weighted by Crippen LogP contribution is 2.37. The van der Waals surface area contributed by atoms with Crippen LogP contribution in [0.15, 0.2) is 16.5 Å². The van der Waals surface area contributed by atoms with E-state index in [1.165, 1.54) is 6.26 Å².